The molecule has 106 valence electrons. The van der Waals surface area contributed by atoms with Crippen molar-refractivity contribution in [1.82, 2.24) is 9.97 Å². The Morgan fingerprint density at radius 3 is 1.50 bits per heavy atom. The third-order valence-corrected chi connectivity index (χ3v) is 3.25. The highest BCUT2D eigenvalue weighted by atomic mass is 16.4. The Hall–Kier alpha value is -3.28. The molecule has 2 aromatic heterocycles. The first-order chi connectivity index (χ1) is 10.7. The molecule has 0 spiro atoms. The second kappa shape index (κ2) is 4.63. The standard InChI is InChI=1S/C16H8N2O4/c19-15-9-5-1-3-7-11(9)17-13(21-15)14-18-12-8-4-2-6-10(12)16(20)22-14/h1-8H. The zero-order valence-corrected chi connectivity index (χ0v) is 11.1. The highest BCUT2D eigenvalue weighted by molar-refractivity contribution is 5.79. The average Bonchev–Trinajstić information content (AvgIpc) is 2.55. The maximum Gasteiger partial charge on any atom is 0.347 e. The fourth-order valence-corrected chi connectivity index (χ4v) is 2.22. The van der Waals surface area contributed by atoms with Crippen molar-refractivity contribution < 1.29 is 8.83 Å². The first kappa shape index (κ1) is 12.5. The molecule has 0 radical (unpaired) electrons. The van der Waals surface area contributed by atoms with Gasteiger partial charge in [-0.3, -0.25) is 0 Å². The molecule has 0 unspecified atom stereocenters. The number of nitrogens with zero attached hydrogens (tertiary/aromatic N) is 2. The fourth-order valence-electron chi connectivity index (χ4n) is 2.22. The van der Waals surface area contributed by atoms with Gasteiger partial charge < -0.3 is 8.83 Å². The van der Waals surface area contributed by atoms with E-state index in [0.717, 1.165) is 0 Å². The van der Waals surface area contributed by atoms with Crippen LogP contribution < -0.4 is 11.3 Å². The zero-order chi connectivity index (χ0) is 15.1. The van der Waals surface area contributed by atoms with Gasteiger partial charge >= 0.3 is 11.3 Å². The van der Waals surface area contributed by atoms with Crippen LogP contribution in [0.25, 0.3) is 33.6 Å². The van der Waals surface area contributed by atoms with Gasteiger partial charge in [0.05, 0.1) is 21.8 Å². The minimum atomic E-state index is -0.557. The highest BCUT2D eigenvalue weighted by Gasteiger charge is 2.14. The Morgan fingerprint density at radius 1 is 0.636 bits per heavy atom. The van der Waals surface area contributed by atoms with Gasteiger partial charge in [0.2, 0.25) is 0 Å². The van der Waals surface area contributed by atoms with Crippen LogP contribution in [0.2, 0.25) is 0 Å². The number of para-hydroxylation sites is 2. The van der Waals surface area contributed by atoms with Gasteiger partial charge in [0.15, 0.2) is 0 Å². The van der Waals surface area contributed by atoms with Crippen molar-refractivity contribution in [3.63, 3.8) is 0 Å². The van der Waals surface area contributed by atoms with Crippen LogP contribution in [0.4, 0.5) is 0 Å². The Kier molecular flexibility index (Phi) is 2.62. The van der Waals surface area contributed by atoms with E-state index in [2.05, 4.69) is 9.97 Å². The minimum absolute atomic E-state index is 0.119. The van der Waals surface area contributed by atoms with E-state index in [1.165, 1.54) is 0 Å². The number of aromatic nitrogens is 2. The molecule has 0 N–H and O–H groups in total. The Balaban J connectivity index is 2.03. The van der Waals surface area contributed by atoms with Gasteiger partial charge in [-0.05, 0) is 24.3 Å². The van der Waals surface area contributed by atoms with Crippen molar-refractivity contribution in [3.8, 4) is 11.8 Å². The number of hydrogen-bond acceptors (Lipinski definition) is 6. The predicted molar refractivity (Wildman–Crippen MR) is 79.6 cm³/mol. The quantitative estimate of drug-likeness (QED) is 0.535. The first-order valence-corrected chi connectivity index (χ1v) is 6.52. The molecule has 6 nitrogen and oxygen atoms in total. The number of benzene rings is 2. The Morgan fingerprint density at radius 2 is 1.05 bits per heavy atom. The van der Waals surface area contributed by atoms with Crippen molar-refractivity contribution in [3.05, 3.63) is 69.4 Å². The van der Waals surface area contributed by atoms with Gasteiger partial charge in [-0.2, -0.15) is 0 Å². The molecule has 0 aliphatic rings. The summed E-state index contributed by atoms with van der Waals surface area (Å²) in [5.41, 5.74) is -0.214. The summed E-state index contributed by atoms with van der Waals surface area (Å²) in [6, 6.07) is 13.5. The van der Waals surface area contributed by atoms with Crippen LogP contribution in [0.3, 0.4) is 0 Å². The van der Waals surface area contributed by atoms with Crippen LogP contribution in [-0.4, -0.2) is 9.97 Å². The zero-order valence-electron chi connectivity index (χ0n) is 11.1. The topological polar surface area (TPSA) is 86.2 Å². The van der Waals surface area contributed by atoms with Gasteiger partial charge in [0, 0.05) is 0 Å². The number of hydrogen-bond donors (Lipinski definition) is 0. The summed E-state index contributed by atoms with van der Waals surface area (Å²) in [6.07, 6.45) is 0. The second-order valence-corrected chi connectivity index (χ2v) is 4.65. The van der Waals surface area contributed by atoms with Crippen LogP contribution in [0.15, 0.2) is 67.0 Å². The van der Waals surface area contributed by atoms with E-state index in [0.29, 0.717) is 21.8 Å². The molecule has 0 saturated carbocycles. The molecule has 2 aromatic carbocycles. The molecule has 0 aliphatic carbocycles. The van der Waals surface area contributed by atoms with E-state index < -0.39 is 11.3 Å². The largest absolute Gasteiger partial charge is 0.398 e. The molecule has 0 bridgehead atoms. The maximum absolute atomic E-state index is 12.0. The summed E-state index contributed by atoms with van der Waals surface area (Å²) in [5, 5.41) is 0.712. The summed E-state index contributed by atoms with van der Waals surface area (Å²) >= 11 is 0. The van der Waals surface area contributed by atoms with Crippen molar-refractivity contribution in [2.45, 2.75) is 0 Å². The van der Waals surface area contributed by atoms with Crippen molar-refractivity contribution in [2.75, 3.05) is 0 Å². The van der Waals surface area contributed by atoms with Crippen LogP contribution in [0, 0.1) is 0 Å². The summed E-state index contributed by atoms with van der Waals surface area (Å²) in [7, 11) is 0. The van der Waals surface area contributed by atoms with E-state index in [9.17, 15) is 9.59 Å². The van der Waals surface area contributed by atoms with Gasteiger partial charge in [0.25, 0.3) is 11.8 Å². The second-order valence-electron chi connectivity index (χ2n) is 4.65. The molecule has 4 rings (SSSR count). The summed E-state index contributed by atoms with van der Waals surface area (Å²) < 4.78 is 10.2. The predicted octanol–water partition coefficient (Wildman–Crippen LogP) is 2.36. The lowest BCUT2D eigenvalue weighted by Crippen LogP contribution is -2.07. The molecule has 0 fully saturated rings. The SMILES string of the molecule is O=c1oc(-c2nc3ccccc3c(=O)o2)nc2ccccc12. The molecular formula is C16H8N2O4. The van der Waals surface area contributed by atoms with E-state index in [4.69, 9.17) is 8.83 Å². The molecular weight excluding hydrogens is 284 g/mol. The smallest absolute Gasteiger partial charge is 0.347 e. The van der Waals surface area contributed by atoms with Gasteiger partial charge in [-0.1, -0.05) is 24.3 Å². The minimum Gasteiger partial charge on any atom is -0.398 e. The van der Waals surface area contributed by atoms with Crippen LogP contribution >= 0.6 is 0 Å². The average molecular weight is 292 g/mol. The van der Waals surface area contributed by atoms with Crippen LogP contribution in [-0.2, 0) is 0 Å². The summed E-state index contributed by atoms with van der Waals surface area (Å²) in [6.45, 7) is 0. The van der Waals surface area contributed by atoms with E-state index in [-0.39, 0.29) is 11.8 Å². The highest BCUT2D eigenvalue weighted by Crippen LogP contribution is 2.17. The van der Waals surface area contributed by atoms with E-state index >= 15 is 0 Å². The van der Waals surface area contributed by atoms with Gasteiger partial charge in [0.1, 0.15) is 0 Å². The van der Waals surface area contributed by atoms with Gasteiger partial charge in [-0.15, -0.1) is 0 Å². The Labute approximate surface area is 122 Å². The first-order valence-electron chi connectivity index (χ1n) is 6.52. The summed E-state index contributed by atoms with van der Waals surface area (Å²) in [4.78, 5) is 32.3. The van der Waals surface area contributed by atoms with Crippen LogP contribution in [0.5, 0.6) is 0 Å². The summed E-state index contributed by atoms with van der Waals surface area (Å²) in [5.74, 6) is -0.238. The molecule has 4 aromatic rings. The normalized spacial score (nSPS) is 11.1. The monoisotopic (exact) mass is 292 g/mol. The molecule has 22 heavy (non-hydrogen) atoms. The lowest BCUT2D eigenvalue weighted by Gasteiger charge is -2.01. The molecule has 2 heterocycles. The van der Waals surface area contributed by atoms with Gasteiger partial charge in [-0.25, -0.2) is 19.6 Å². The third-order valence-electron chi connectivity index (χ3n) is 3.25. The maximum atomic E-state index is 12.0. The molecule has 0 atom stereocenters. The van der Waals surface area contributed by atoms with Crippen molar-refractivity contribution in [1.29, 1.82) is 0 Å². The molecule has 0 amide bonds. The van der Waals surface area contributed by atoms with E-state index in [1.807, 2.05) is 0 Å². The van der Waals surface area contributed by atoms with E-state index in [1.54, 1.807) is 48.5 Å². The van der Waals surface area contributed by atoms with Crippen LogP contribution in [0.1, 0.15) is 0 Å². The number of rotatable bonds is 1. The number of fused-ring (bicyclic) bond motifs is 2. The lowest BCUT2D eigenvalue weighted by atomic mass is 10.2. The third kappa shape index (κ3) is 1.89. The Bertz CT molecular complexity index is 1040. The molecule has 0 saturated heterocycles. The fraction of sp³-hybridized carbons (Fsp3) is 0. The van der Waals surface area contributed by atoms with Crippen molar-refractivity contribution >= 4 is 21.8 Å². The molecule has 0 aliphatic heterocycles. The molecule has 6 heteroatoms. The van der Waals surface area contributed by atoms with Crippen molar-refractivity contribution in [2.24, 2.45) is 0 Å². The lowest BCUT2D eigenvalue weighted by molar-refractivity contribution is 0.454.